The molecular formula is C21H18FN5O2. The Bertz CT molecular complexity index is 1220. The van der Waals surface area contributed by atoms with Gasteiger partial charge in [0.05, 0.1) is 24.1 Å². The summed E-state index contributed by atoms with van der Waals surface area (Å²) in [6.45, 7) is 3.62. The van der Waals surface area contributed by atoms with Gasteiger partial charge in [-0.15, -0.1) is 10.2 Å². The molecule has 0 fully saturated rings. The van der Waals surface area contributed by atoms with Crippen LogP contribution in [0.15, 0.2) is 48.5 Å². The molecule has 1 amide bonds. The van der Waals surface area contributed by atoms with Crippen molar-refractivity contribution in [2.75, 3.05) is 12.4 Å². The first kappa shape index (κ1) is 18.5. The van der Waals surface area contributed by atoms with Gasteiger partial charge in [0.2, 0.25) is 0 Å². The Morgan fingerprint density at radius 2 is 1.79 bits per heavy atom. The van der Waals surface area contributed by atoms with E-state index >= 15 is 0 Å². The first-order chi connectivity index (χ1) is 14.0. The molecule has 0 aliphatic carbocycles. The summed E-state index contributed by atoms with van der Waals surface area (Å²) < 4.78 is 20.1. The molecule has 7 nitrogen and oxygen atoms in total. The summed E-state index contributed by atoms with van der Waals surface area (Å²) in [7, 11) is 1.61. The molecule has 0 spiro atoms. The van der Waals surface area contributed by atoms with Crippen LogP contribution < -0.4 is 10.1 Å². The van der Waals surface area contributed by atoms with E-state index in [1.54, 1.807) is 18.5 Å². The maximum Gasteiger partial charge on any atom is 0.278 e. The third-order valence-electron chi connectivity index (χ3n) is 4.63. The van der Waals surface area contributed by atoms with Crippen molar-refractivity contribution in [2.24, 2.45) is 0 Å². The van der Waals surface area contributed by atoms with Gasteiger partial charge in [0, 0.05) is 11.3 Å². The van der Waals surface area contributed by atoms with E-state index in [0.29, 0.717) is 22.8 Å². The molecule has 2 heterocycles. The molecule has 8 heteroatoms. The summed E-state index contributed by atoms with van der Waals surface area (Å²) in [5.41, 5.74) is 4.05. The van der Waals surface area contributed by atoms with Crippen molar-refractivity contribution in [2.45, 2.75) is 13.8 Å². The van der Waals surface area contributed by atoms with Crippen LogP contribution in [0.25, 0.3) is 16.8 Å². The van der Waals surface area contributed by atoms with Crippen molar-refractivity contribution < 1.29 is 13.9 Å². The summed E-state index contributed by atoms with van der Waals surface area (Å²) in [4.78, 5) is 12.7. The molecule has 0 aliphatic heterocycles. The largest absolute Gasteiger partial charge is 0.496 e. The topological polar surface area (TPSA) is 81.4 Å². The quantitative estimate of drug-likeness (QED) is 0.572. The predicted molar refractivity (Wildman–Crippen MR) is 107 cm³/mol. The van der Waals surface area contributed by atoms with E-state index in [0.717, 1.165) is 16.8 Å². The van der Waals surface area contributed by atoms with Gasteiger partial charge in [-0.2, -0.15) is 5.10 Å². The second-order valence-corrected chi connectivity index (χ2v) is 6.49. The first-order valence-corrected chi connectivity index (χ1v) is 8.92. The third kappa shape index (κ3) is 3.29. The Morgan fingerprint density at radius 3 is 2.52 bits per heavy atom. The number of para-hydroxylation sites is 1. The van der Waals surface area contributed by atoms with Gasteiger partial charge in [0.15, 0.2) is 11.3 Å². The number of aromatic nitrogens is 4. The van der Waals surface area contributed by atoms with E-state index in [9.17, 15) is 9.18 Å². The molecule has 2 aromatic carbocycles. The van der Waals surface area contributed by atoms with E-state index in [1.807, 2.05) is 31.2 Å². The fourth-order valence-electron chi connectivity index (χ4n) is 3.21. The van der Waals surface area contributed by atoms with Crippen LogP contribution in [-0.4, -0.2) is 32.8 Å². The maximum atomic E-state index is 13.1. The van der Waals surface area contributed by atoms with Crippen LogP contribution in [0.2, 0.25) is 0 Å². The van der Waals surface area contributed by atoms with Crippen molar-refractivity contribution in [3.05, 3.63) is 71.4 Å². The lowest BCUT2D eigenvalue weighted by Gasteiger charge is -2.09. The zero-order chi connectivity index (χ0) is 20.5. The van der Waals surface area contributed by atoms with Crippen molar-refractivity contribution in [3.63, 3.8) is 0 Å². The van der Waals surface area contributed by atoms with Gasteiger partial charge in [-0.25, -0.2) is 8.91 Å². The normalized spacial score (nSPS) is 10.9. The molecule has 0 radical (unpaired) electrons. The second-order valence-electron chi connectivity index (χ2n) is 6.49. The highest BCUT2D eigenvalue weighted by Crippen LogP contribution is 2.34. The SMILES string of the molecule is COc1ccccc1-c1c(C)nn2c(C)c(C(=O)Nc3ccc(F)cc3)nnc12. The average molecular weight is 391 g/mol. The van der Waals surface area contributed by atoms with Crippen molar-refractivity contribution in [1.29, 1.82) is 0 Å². The van der Waals surface area contributed by atoms with E-state index in [4.69, 9.17) is 4.74 Å². The monoisotopic (exact) mass is 391 g/mol. The Morgan fingerprint density at radius 1 is 1.07 bits per heavy atom. The van der Waals surface area contributed by atoms with E-state index in [1.165, 1.54) is 24.3 Å². The number of rotatable bonds is 4. The molecular weight excluding hydrogens is 373 g/mol. The van der Waals surface area contributed by atoms with Crippen LogP contribution >= 0.6 is 0 Å². The summed E-state index contributed by atoms with van der Waals surface area (Å²) in [6.07, 6.45) is 0. The molecule has 0 aliphatic rings. The Hall–Kier alpha value is -3.81. The first-order valence-electron chi connectivity index (χ1n) is 8.92. The number of nitrogens with one attached hydrogen (secondary N) is 1. The highest BCUT2D eigenvalue weighted by Gasteiger charge is 2.21. The molecule has 2 aromatic heterocycles. The van der Waals surface area contributed by atoms with Crippen LogP contribution in [0.4, 0.5) is 10.1 Å². The van der Waals surface area contributed by atoms with Crippen LogP contribution in [0.3, 0.4) is 0 Å². The molecule has 0 atom stereocenters. The summed E-state index contributed by atoms with van der Waals surface area (Å²) in [6, 6.07) is 13.1. The summed E-state index contributed by atoms with van der Waals surface area (Å²) in [5.74, 6) is -0.130. The lowest BCUT2D eigenvalue weighted by Crippen LogP contribution is -2.18. The summed E-state index contributed by atoms with van der Waals surface area (Å²) >= 11 is 0. The number of halogens is 1. The fourth-order valence-corrected chi connectivity index (χ4v) is 3.21. The molecule has 0 saturated heterocycles. The molecule has 0 saturated carbocycles. The molecule has 0 bridgehead atoms. The lowest BCUT2D eigenvalue weighted by atomic mass is 10.1. The molecule has 4 aromatic rings. The Kier molecular flexibility index (Phi) is 4.67. The number of carbonyl (C=O) groups excluding carboxylic acids is 1. The molecule has 146 valence electrons. The number of hydrogen-bond acceptors (Lipinski definition) is 5. The minimum atomic E-state index is -0.449. The standard InChI is InChI=1S/C21H18FN5O2/c1-12-18(16-6-4-5-7-17(16)29-3)20-25-24-19(13(2)27(20)26-12)21(28)23-15-10-8-14(22)9-11-15/h4-11H,1-3H3,(H,23,28). The zero-order valence-corrected chi connectivity index (χ0v) is 16.1. The number of benzene rings is 2. The lowest BCUT2D eigenvalue weighted by molar-refractivity contribution is 0.102. The smallest absolute Gasteiger partial charge is 0.278 e. The van der Waals surface area contributed by atoms with E-state index in [-0.39, 0.29) is 11.5 Å². The van der Waals surface area contributed by atoms with Crippen molar-refractivity contribution in [1.82, 2.24) is 19.8 Å². The van der Waals surface area contributed by atoms with Gasteiger partial charge in [0.1, 0.15) is 11.6 Å². The number of carbonyl (C=O) groups is 1. The highest BCUT2D eigenvalue weighted by molar-refractivity contribution is 6.03. The zero-order valence-electron chi connectivity index (χ0n) is 16.1. The van der Waals surface area contributed by atoms with Crippen LogP contribution in [0.5, 0.6) is 5.75 Å². The number of hydrogen-bond donors (Lipinski definition) is 1. The van der Waals surface area contributed by atoms with Crippen LogP contribution in [0, 0.1) is 19.7 Å². The van der Waals surface area contributed by atoms with Gasteiger partial charge >= 0.3 is 0 Å². The van der Waals surface area contributed by atoms with Gasteiger partial charge in [-0.3, -0.25) is 4.79 Å². The maximum absolute atomic E-state index is 13.1. The van der Waals surface area contributed by atoms with Crippen molar-refractivity contribution >= 4 is 17.2 Å². The number of nitrogens with zero attached hydrogens (tertiary/aromatic N) is 4. The number of amides is 1. The van der Waals surface area contributed by atoms with Gasteiger partial charge < -0.3 is 10.1 Å². The fraction of sp³-hybridized carbons (Fsp3) is 0.143. The van der Waals surface area contributed by atoms with Crippen LogP contribution in [0.1, 0.15) is 21.9 Å². The van der Waals surface area contributed by atoms with Crippen molar-refractivity contribution in [3.8, 4) is 16.9 Å². The average Bonchev–Trinajstić information content (AvgIpc) is 3.06. The summed E-state index contributed by atoms with van der Waals surface area (Å²) in [5, 5.41) is 15.7. The molecule has 29 heavy (non-hydrogen) atoms. The minimum Gasteiger partial charge on any atom is -0.496 e. The molecule has 0 unspecified atom stereocenters. The Balaban J connectivity index is 1.77. The number of ether oxygens (including phenoxy) is 1. The van der Waals surface area contributed by atoms with Gasteiger partial charge in [0.25, 0.3) is 5.91 Å². The predicted octanol–water partition coefficient (Wildman–Crippen LogP) is 3.81. The minimum absolute atomic E-state index is 0.135. The van der Waals surface area contributed by atoms with Crippen LogP contribution in [-0.2, 0) is 0 Å². The number of aryl methyl sites for hydroxylation is 2. The second kappa shape index (κ2) is 7.31. The molecule has 1 N–H and O–H groups in total. The number of anilines is 1. The van der Waals surface area contributed by atoms with E-state index < -0.39 is 5.91 Å². The number of fused-ring (bicyclic) bond motifs is 1. The number of methoxy groups -OCH3 is 1. The van der Waals surface area contributed by atoms with Gasteiger partial charge in [-0.1, -0.05) is 18.2 Å². The molecule has 4 rings (SSSR count). The third-order valence-corrected chi connectivity index (χ3v) is 4.63. The van der Waals surface area contributed by atoms with E-state index in [2.05, 4.69) is 20.6 Å². The van der Waals surface area contributed by atoms with Gasteiger partial charge in [-0.05, 0) is 44.2 Å². The Labute approximate surface area is 166 Å². The highest BCUT2D eigenvalue weighted by atomic mass is 19.1.